The summed E-state index contributed by atoms with van der Waals surface area (Å²) >= 11 is 0. The number of benzene rings is 1. The molecule has 1 aromatic carbocycles. The van der Waals surface area contributed by atoms with E-state index in [1.807, 2.05) is 36.1 Å². The van der Waals surface area contributed by atoms with Crippen LogP contribution in [0.1, 0.15) is 31.7 Å². The van der Waals surface area contributed by atoms with E-state index in [0.29, 0.717) is 5.65 Å². The van der Waals surface area contributed by atoms with Gasteiger partial charge in [-0.3, -0.25) is 4.79 Å². The summed E-state index contributed by atoms with van der Waals surface area (Å²) in [7, 11) is 1.62. The van der Waals surface area contributed by atoms with Crippen LogP contribution in [0, 0.1) is 6.92 Å². The molecule has 2 aromatic heterocycles. The molecule has 0 bridgehead atoms. The van der Waals surface area contributed by atoms with Gasteiger partial charge in [0.2, 0.25) is 5.91 Å². The Bertz CT molecular complexity index is 1080. The summed E-state index contributed by atoms with van der Waals surface area (Å²) in [5.41, 5.74) is 1.93. The van der Waals surface area contributed by atoms with E-state index in [1.54, 1.807) is 11.5 Å². The summed E-state index contributed by atoms with van der Waals surface area (Å²) in [5.74, 6) is 0.687. The molecule has 0 aliphatic carbocycles. The highest BCUT2D eigenvalue weighted by Crippen LogP contribution is 2.23. The Morgan fingerprint density at radius 3 is 2.85 bits per heavy atom. The molecule has 142 valence electrons. The molecule has 1 fully saturated rings. The Kier molecular flexibility index (Phi) is 4.37. The Balaban J connectivity index is 1.77. The lowest BCUT2D eigenvalue weighted by molar-refractivity contribution is -0.135. The minimum absolute atomic E-state index is 0.0259. The first-order chi connectivity index (χ1) is 13.0. The molecule has 0 unspecified atom stereocenters. The highest BCUT2D eigenvalue weighted by molar-refractivity contribution is 5.84. The number of amides is 1. The van der Waals surface area contributed by atoms with Gasteiger partial charge in [0.25, 0.3) is 0 Å². The lowest BCUT2D eigenvalue weighted by Gasteiger charge is -2.33. The van der Waals surface area contributed by atoms with Crippen LogP contribution in [-0.2, 0) is 11.3 Å². The van der Waals surface area contributed by atoms with Crippen molar-refractivity contribution >= 4 is 22.5 Å². The summed E-state index contributed by atoms with van der Waals surface area (Å²) in [6.45, 7) is 4.71. The van der Waals surface area contributed by atoms with E-state index in [9.17, 15) is 9.59 Å². The van der Waals surface area contributed by atoms with Crippen LogP contribution in [0.3, 0.4) is 0 Å². The summed E-state index contributed by atoms with van der Waals surface area (Å²) in [6, 6.07) is 7.77. The van der Waals surface area contributed by atoms with Crippen molar-refractivity contribution in [3.63, 3.8) is 0 Å². The van der Waals surface area contributed by atoms with E-state index in [-0.39, 0.29) is 24.2 Å². The van der Waals surface area contributed by atoms with Gasteiger partial charge in [0.1, 0.15) is 12.3 Å². The second-order valence-electron chi connectivity index (χ2n) is 7.28. The van der Waals surface area contributed by atoms with Gasteiger partial charge in [-0.2, -0.15) is 0 Å². The maximum absolute atomic E-state index is 13.0. The number of likely N-dealkylation sites (tertiary alicyclic amines) is 1. The SMILES string of the molecule is COc1ccc2c(c1)cc(C)c1nn(CC(=O)N3CCCC[C@H]3C)c(=O)n12. The molecule has 0 N–H and O–H groups in total. The number of ether oxygens (including phenoxy) is 1. The van der Waals surface area contributed by atoms with E-state index in [4.69, 9.17) is 4.74 Å². The smallest absolute Gasteiger partial charge is 0.351 e. The average molecular weight is 368 g/mol. The molecule has 1 aliphatic rings. The van der Waals surface area contributed by atoms with Crippen LogP contribution in [0.15, 0.2) is 29.1 Å². The summed E-state index contributed by atoms with van der Waals surface area (Å²) in [5, 5.41) is 5.35. The Hall–Kier alpha value is -2.83. The predicted molar refractivity (Wildman–Crippen MR) is 103 cm³/mol. The zero-order valence-corrected chi connectivity index (χ0v) is 15.9. The topological polar surface area (TPSA) is 68.8 Å². The molecular formula is C20H24N4O3. The number of carbonyl (C=O) groups is 1. The molecule has 1 saturated heterocycles. The van der Waals surface area contributed by atoms with Gasteiger partial charge in [0.05, 0.1) is 12.6 Å². The number of piperidine rings is 1. The molecule has 3 aromatic rings. The van der Waals surface area contributed by atoms with Crippen LogP contribution in [0.5, 0.6) is 5.75 Å². The number of hydrogen-bond donors (Lipinski definition) is 0. The first-order valence-electron chi connectivity index (χ1n) is 9.36. The number of fused-ring (bicyclic) bond motifs is 3. The van der Waals surface area contributed by atoms with Crippen molar-refractivity contribution in [1.82, 2.24) is 19.1 Å². The van der Waals surface area contributed by atoms with Crippen molar-refractivity contribution in [3.05, 3.63) is 40.3 Å². The average Bonchev–Trinajstić information content (AvgIpc) is 2.99. The molecule has 3 heterocycles. The Labute approximate surface area is 157 Å². The molecule has 0 spiro atoms. The molecule has 4 rings (SSSR count). The van der Waals surface area contributed by atoms with Crippen molar-refractivity contribution < 1.29 is 9.53 Å². The molecule has 1 atom stereocenters. The summed E-state index contributed by atoms with van der Waals surface area (Å²) < 4.78 is 8.15. The van der Waals surface area contributed by atoms with Crippen LogP contribution in [0.25, 0.3) is 16.6 Å². The van der Waals surface area contributed by atoms with Crippen LogP contribution >= 0.6 is 0 Å². The van der Waals surface area contributed by atoms with Gasteiger partial charge in [0.15, 0.2) is 5.65 Å². The fourth-order valence-corrected chi connectivity index (χ4v) is 3.95. The lowest BCUT2D eigenvalue weighted by Crippen LogP contribution is -2.44. The quantitative estimate of drug-likeness (QED) is 0.712. The monoisotopic (exact) mass is 368 g/mol. The zero-order valence-electron chi connectivity index (χ0n) is 15.9. The Morgan fingerprint density at radius 1 is 1.30 bits per heavy atom. The number of aromatic nitrogens is 3. The van der Waals surface area contributed by atoms with Gasteiger partial charge < -0.3 is 9.64 Å². The normalized spacial score (nSPS) is 17.6. The predicted octanol–water partition coefficient (Wildman–Crippen LogP) is 2.37. The van der Waals surface area contributed by atoms with Crippen molar-refractivity contribution in [3.8, 4) is 5.75 Å². The van der Waals surface area contributed by atoms with Crippen molar-refractivity contribution in [2.45, 2.75) is 45.7 Å². The summed E-state index contributed by atoms with van der Waals surface area (Å²) in [6.07, 6.45) is 3.17. The lowest BCUT2D eigenvalue weighted by atomic mass is 10.0. The van der Waals surface area contributed by atoms with Crippen LogP contribution in [-0.4, -0.2) is 44.7 Å². The van der Waals surface area contributed by atoms with Gasteiger partial charge in [0, 0.05) is 18.0 Å². The number of hydrogen-bond acceptors (Lipinski definition) is 4. The maximum atomic E-state index is 13.0. The number of carbonyl (C=O) groups excluding carboxylic acids is 1. The van der Waals surface area contributed by atoms with Gasteiger partial charge in [-0.05, 0) is 62.9 Å². The third-order valence-electron chi connectivity index (χ3n) is 5.45. The first-order valence-corrected chi connectivity index (χ1v) is 9.36. The van der Waals surface area contributed by atoms with Crippen LogP contribution in [0.2, 0.25) is 0 Å². The number of pyridine rings is 1. The van der Waals surface area contributed by atoms with E-state index in [2.05, 4.69) is 12.0 Å². The number of aryl methyl sites for hydroxylation is 1. The van der Waals surface area contributed by atoms with E-state index in [0.717, 1.165) is 48.0 Å². The number of rotatable bonds is 3. The van der Waals surface area contributed by atoms with Crippen LogP contribution < -0.4 is 10.4 Å². The van der Waals surface area contributed by atoms with Gasteiger partial charge in [-0.25, -0.2) is 13.9 Å². The third-order valence-corrected chi connectivity index (χ3v) is 5.45. The number of methoxy groups -OCH3 is 1. The minimum Gasteiger partial charge on any atom is -0.497 e. The fraction of sp³-hybridized carbons (Fsp3) is 0.450. The van der Waals surface area contributed by atoms with Gasteiger partial charge in [-0.1, -0.05) is 0 Å². The van der Waals surface area contributed by atoms with E-state index < -0.39 is 0 Å². The molecule has 0 radical (unpaired) electrons. The molecule has 7 heteroatoms. The van der Waals surface area contributed by atoms with E-state index >= 15 is 0 Å². The molecule has 0 saturated carbocycles. The minimum atomic E-state index is -0.290. The molecular weight excluding hydrogens is 344 g/mol. The maximum Gasteiger partial charge on any atom is 0.351 e. The highest BCUT2D eigenvalue weighted by atomic mass is 16.5. The molecule has 1 aliphatic heterocycles. The zero-order chi connectivity index (χ0) is 19.1. The first kappa shape index (κ1) is 17.6. The van der Waals surface area contributed by atoms with Gasteiger partial charge in [-0.15, -0.1) is 5.10 Å². The largest absolute Gasteiger partial charge is 0.497 e. The third kappa shape index (κ3) is 2.97. The van der Waals surface area contributed by atoms with E-state index in [1.165, 1.54) is 4.68 Å². The van der Waals surface area contributed by atoms with Crippen LogP contribution in [0.4, 0.5) is 0 Å². The molecule has 27 heavy (non-hydrogen) atoms. The molecule has 7 nitrogen and oxygen atoms in total. The fourth-order valence-electron chi connectivity index (χ4n) is 3.95. The van der Waals surface area contributed by atoms with Gasteiger partial charge >= 0.3 is 5.69 Å². The number of nitrogens with zero attached hydrogens (tertiary/aromatic N) is 4. The summed E-state index contributed by atoms with van der Waals surface area (Å²) in [4.78, 5) is 27.6. The molecule has 1 amide bonds. The van der Waals surface area contributed by atoms with Crippen molar-refractivity contribution in [2.75, 3.05) is 13.7 Å². The second-order valence-corrected chi connectivity index (χ2v) is 7.28. The highest BCUT2D eigenvalue weighted by Gasteiger charge is 2.24. The van der Waals surface area contributed by atoms with Crippen molar-refractivity contribution in [2.24, 2.45) is 0 Å². The standard InChI is InChI=1S/C20H24N4O3/c1-13-10-15-11-16(27-3)7-8-17(15)24-19(13)21-23(20(24)26)12-18(25)22-9-5-4-6-14(22)2/h7-8,10-11,14H,4-6,9,12H2,1-3H3/t14-/m1/s1. The second kappa shape index (κ2) is 6.72. The Morgan fingerprint density at radius 2 is 2.11 bits per heavy atom. The van der Waals surface area contributed by atoms with Crippen molar-refractivity contribution in [1.29, 1.82) is 0 Å².